The number of alkyl carbamates (subject to hydrolysis) is 2. The first-order valence-electron chi connectivity index (χ1n) is 14.1. The Morgan fingerprint density at radius 1 is 0.897 bits per heavy atom. The fraction of sp³-hybridized carbons (Fsp3) is 0.516. The van der Waals surface area contributed by atoms with Crippen molar-refractivity contribution in [2.24, 2.45) is 0 Å². The van der Waals surface area contributed by atoms with E-state index in [-0.39, 0.29) is 24.5 Å². The third-order valence-corrected chi connectivity index (χ3v) is 7.24. The molecule has 1 atom stereocenters. The normalized spacial score (nSPS) is 16.0. The zero-order valence-electron chi connectivity index (χ0n) is 23.3. The predicted molar refractivity (Wildman–Crippen MR) is 150 cm³/mol. The van der Waals surface area contributed by atoms with Crippen molar-refractivity contribution in [3.05, 3.63) is 59.7 Å². The molecule has 2 aliphatic rings. The molecular weight excluding hydrogens is 494 g/mol. The fourth-order valence-corrected chi connectivity index (χ4v) is 5.41. The highest BCUT2D eigenvalue weighted by Crippen LogP contribution is 2.44. The molecule has 39 heavy (non-hydrogen) atoms. The van der Waals surface area contributed by atoms with Crippen LogP contribution >= 0.6 is 0 Å². The van der Waals surface area contributed by atoms with E-state index in [2.05, 4.69) is 40.2 Å². The average Bonchev–Trinajstić information content (AvgIpc) is 3.22. The summed E-state index contributed by atoms with van der Waals surface area (Å²) in [6, 6.07) is 15.7. The number of carbonyl (C=O) groups excluding carboxylic acids is 3. The molecule has 0 aliphatic heterocycles. The molecule has 4 rings (SSSR count). The van der Waals surface area contributed by atoms with Crippen LogP contribution in [-0.2, 0) is 14.3 Å². The highest BCUT2D eigenvalue weighted by molar-refractivity contribution is 5.86. The number of nitrogens with one attached hydrogen (secondary N) is 3. The molecule has 2 aromatic rings. The van der Waals surface area contributed by atoms with E-state index in [9.17, 15) is 14.4 Å². The maximum Gasteiger partial charge on any atom is 0.407 e. The van der Waals surface area contributed by atoms with Gasteiger partial charge in [0.25, 0.3) is 0 Å². The molecule has 0 aromatic heterocycles. The number of amides is 3. The van der Waals surface area contributed by atoms with Gasteiger partial charge in [0, 0.05) is 18.5 Å². The van der Waals surface area contributed by atoms with Crippen molar-refractivity contribution in [2.75, 3.05) is 13.2 Å². The van der Waals surface area contributed by atoms with Gasteiger partial charge in [-0.2, -0.15) is 0 Å². The van der Waals surface area contributed by atoms with Crippen LogP contribution in [0.15, 0.2) is 48.5 Å². The zero-order chi connectivity index (χ0) is 27.8. The molecule has 0 unspecified atom stereocenters. The van der Waals surface area contributed by atoms with E-state index in [4.69, 9.17) is 9.47 Å². The molecule has 2 aliphatic carbocycles. The van der Waals surface area contributed by atoms with Crippen molar-refractivity contribution in [3.63, 3.8) is 0 Å². The quantitative estimate of drug-likeness (QED) is 0.360. The molecule has 1 saturated carbocycles. The molecule has 0 heterocycles. The highest BCUT2D eigenvalue weighted by Gasteiger charge is 2.30. The second-order valence-corrected chi connectivity index (χ2v) is 11.4. The summed E-state index contributed by atoms with van der Waals surface area (Å²) in [5.41, 5.74) is 3.99. The summed E-state index contributed by atoms with van der Waals surface area (Å²) in [5, 5.41) is 8.61. The topological polar surface area (TPSA) is 106 Å². The summed E-state index contributed by atoms with van der Waals surface area (Å²) in [7, 11) is 0. The Labute approximate surface area is 231 Å². The van der Waals surface area contributed by atoms with Gasteiger partial charge in [0.05, 0.1) is 0 Å². The monoisotopic (exact) mass is 535 g/mol. The lowest BCUT2D eigenvalue weighted by Gasteiger charge is -2.26. The van der Waals surface area contributed by atoms with E-state index in [1.165, 1.54) is 6.42 Å². The highest BCUT2D eigenvalue weighted by atomic mass is 16.6. The van der Waals surface area contributed by atoms with Crippen LogP contribution in [0.2, 0.25) is 0 Å². The fourth-order valence-electron chi connectivity index (χ4n) is 5.41. The van der Waals surface area contributed by atoms with Crippen molar-refractivity contribution in [3.8, 4) is 11.1 Å². The van der Waals surface area contributed by atoms with E-state index in [0.717, 1.165) is 47.9 Å². The molecule has 1 fully saturated rings. The van der Waals surface area contributed by atoms with Gasteiger partial charge in [-0.25, -0.2) is 9.59 Å². The second-order valence-electron chi connectivity index (χ2n) is 11.4. The predicted octanol–water partition coefficient (Wildman–Crippen LogP) is 5.65. The Hall–Kier alpha value is -3.55. The maximum atomic E-state index is 13.2. The maximum absolute atomic E-state index is 13.2. The summed E-state index contributed by atoms with van der Waals surface area (Å²) in [6.07, 6.45) is 4.99. The largest absolute Gasteiger partial charge is 0.449 e. The molecule has 2 aromatic carbocycles. The van der Waals surface area contributed by atoms with Crippen molar-refractivity contribution in [1.82, 2.24) is 16.0 Å². The number of rotatable bonds is 9. The Morgan fingerprint density at radius 3 is 2.13 bits per heavy atom. The van der Waals surface area contributed by atoms with Gasteiger partial charge in [0.1, 0.15) is 18.2 Å². The summed E-state index contributed by atoms with van der Waals surface area (Å²) in [5.74, 6) is -0.275. The Balaban J connectivity index is 1.34. The molecule has 3 N–H and O–H groups in total. The van der Waals surface area contributed by atoms with Gasteiger partial charge >= 0.3 is 12.2 Å². The van der Waals surface area contributed by atoms with Crippen molar-refractivity contribution < 1.29 is 23.9 Å². The molecule has 8 nitrogen and oxygen atoms in total. The van der Waals surface area contributed by atoms with Gasteiger partial charge in [-0.1, -0.05) is 67.8 Å². The number of benzene rings is 2. The Kier molecular flexibility index (Phi) is 9.49. The molecule has 0 bridgehead atoms. The van der Waals surface area contributed by atoms with Gasteiger partial charge in [-0.05, 0) is 68.7 Å². The first kappa shape index (κ1) is 28.5. The van der Waals surface area contributed by atoms with E-state index >= 15 is 0 Å². The average molecular weight is 536 g/mol. The standard InChI is InChI=1S/C31H41N3O5/c1-31(2,3)39-29(36)32-19-11-18-27(28(35)33-21-12-5-4-6-13-21)34-30(37)38-20-26-24-16-9-7-14-22(24)23-15-8-10-17-25(23)26/h7-10,14-17,21,26-27H,4-6,11-13,18-20H2,1-3H3,(H,32,36)(H,33,35)(H,34,37)/t27-/m0/s1. The van der Waals surface area contributed by atoms with Gasteiger partial charge in [0.2, 0.25) is 5.91 Å². The van der Waals surface area contributed by atoms with Gasteiger partial charge < -0.3 is 25.4 Å². The van der Waals surface area contributed by atoms with E-state index < -0.39 is 23.8 Å². The van der Waals surface area contributed by atoms with Crippen LogP contribution in [-0.4, -0.2) is 48.9 Å². The first-order chi connectivity index (χ1) is 18.7. The lowest BCUT2D eigenvalue weighted by molar-refractivity contribution is -0.124. The van der Waals surface area contributed by atoms with Crippen LogP contribution in [0.5, 0.6) is 0 Å². The third-order valence-electron chi connectivity index (χ3n) is 7.24. The molecule has 0 spiro atoms. The molecule has 0 radical (unpaired) electrons. The van der Waals surface area contributed by atoms with Gasteiger partial charge in [-0.15, -0.1) is 0 Å². The minimum Gasteiger partial charge on any atom is -0.449 e. The van der Waals surface area contributed by atoms with Crippen LogP contribution < -0.4 is 16.0 Å². The molecule has 210 valence electrons. The summed E-state index contributed by atoms with van der Waals surface area (Å²) < 4.78 is 11.0. The number of fused-ring (bicyclic) bond motifs is 3. The molecule has 0 saturated heterocycles. The minimum absolute atomic E-state index is 0.0595. The summed E-state index contributed by atoms with van der Waals surface area (Å²) in [4.78, 5) is 38.0. The molecule has 3 amide bonds. The van der Waals surface area contributed by atoms with E-state index in [1.807, 2.05) is 24.3 Å². The Morgan fingerprint density at radius 2 is 1.51 bits per heavy atom. The summed E-state index contributed by atoms with van der Waals surface area (Å²) in [6.45, 7) is 5.91. The zero-order valence-corrected chi connectivity index (χ0v) is 23.3. The summed E-state index contributed by atoms with van der Waals surface area (Å²) >= 11 is 0. The van der Waals surface area contributed by atoms with Crippen molar-refractivity contribution in [2.45, 2.75) is 89.3 Å². The van der Waals surface area contributed by atoms with E-state index in [1.54, 1.807) is 20.8 Å². The van der Waals surface area contributed by atoms with Crippen molar-refractivity contribution >= 4 is 18.1 Å². The lowest BCUT2D eigenvalue weighted by atomic mass is 9.95. The molecular formula is C31H41N3O5. The second kappa shape index (κ2) is 13.0. The number of ether oxygens (including phenoxy) is 2. The third kappa shape index (κ3) is 7.97. The SMILES string of the molecule is CC(C)(C)OC(=O)NCCC[C@H](NC(=O)OCC1c2ccccc2-c2ccccc21)C(=O)NC1CCCCC1. The number of hydrogen-bond donors (Lipinski definition) is 3. The van der Waals surface area contributed by atoms with Crippen molar-refractivity contribution in [1.29, 1.82) is 0 Å². The van der Waals surface area contributed by atoms with E-state index in [0.29, 0.717) is 19.4 Å². The Bertz CT molecular complexity index is 1110. The minimum atomic E-state index is -0.761. The number of carbonyl (C=O) groups is 3. The van der Waals surface area contributed by atoms with Crippen LogP contribution in [0.3, 0.4) is 0 Å². The number of hydrogen-bond acceptors (Lipinski definition) is 5. The van der Waals surface area contributed by atoms with Crippen LogP contribution in [0.1, 0.15) is 82.8 Å². The smallest absolute Gasteiger partial charge is 0.407 e. The van der Waals surface area contributed by atoms with Crippen LogP contribution in [0.4, 0.5) is 9.59 Å². The van der Waals surface area contributed by atoms with Crippen LogP contribution in [0.25, 0.3) is 11.1 Å². The van der Waals surface area contributed by atoms with Crippen LogP contribution in [0, 0.1) is 0 Å². The first-order valence-corrected chi connectivity index (χ1v) is 14.1. The van der Waals surface area contributed by atoms with Gasteiger partial charge in [-0.3, -0.25) is 4.79 Å². The molecule has 8 heteroatoms. The lowest BCUT2D eigenvalue weighted by Crippen LogP contribution is -2.50. The van der Waals surface area contributed by atoms with Gasteiger partial charge in [0.15, 0.2) is 0 Å².